The molecule has 0 bridgehead atoms. The molecule has 1 heterocycles. The van der Waals surface area contributed by atoms with Gasteiger partial charge in [0, 0.05) is 22.3 Å². The third-order valence-corrected chi connectivity index (χ3v) is 4.87. The van der Waals surface area contributed by atoms with Crippen LogP contribution in [0, 0.1) is 5.82 Å². The Bertz CT molecular complexity index is 1170. The number of nitrogens with one attached hydrogen (secondary N) is 1. The number of halogens is 2. The summed E-state index contributed by atoms with van der Waals surface area (Å²) in [7, 11) is 0. The summed E-state index contributed by atoms with van der Waals surface area (Å²) in [6, 6.07) is 20.8. The van der Waals surface area contributed by atoms with Crippen LogP contribution in [0.2, 0.25) is 5.02 Å². The predicted octanol–water partition coefficient (Wildman–Crippen LogP) is 5.56. The van der Waals surface area contributed by atoms with Gasteiger partial charge in [0.05, 0.1) is 18.4 Å². The summed E-state index contributed by atoms with van der Waals surface area (Å²) in [5, 5.41) is 7.64. The quantitative estimate of drug-likeness (QED) is 0.413. The zero-order valence-electron chi connectivity index (χ0n) is 16.5. The fourth-order valence-electron chi connectivity index (χ4n) is 2.97. The molecule has 156 valence electrons. The van der Waals surface area contributed by atoms with Crippen molar-refractivity contribution >= 4 is 23.2 Å². The summed E-state index contributed by atoms with van der Waals surface area (Å²) in [5.41, 5.74) is 2.51. The molecular formula is C24H19ClFN3O2. The molecule has 0 atom stereocenters. The van der Waals surface area contributed by atoms with Gasteiger partial charge in [0.25, 0.3) is 5.91 Å². The maximum absolute atomic E-state index is 13.8. The molecule has 0 saturated carbocycles. The fraction of sp³-hybridized carbons (Fsp3) is 0.0833. The van der Waals surface area contributed by atoms with Crippen LogP contribution < -0.4 is 10.1 Å². The normalized spacial score (nSPS) is 10.6. The van der Waals surface area contributed by atoms with Crippen LogP contribution in [0.4, 0.5) is 10.1 Å². The average Bonchev–Trinajstić information content (AvgIpc) is 3.22. The molecule has 0 fully saturated rings. The van der Waals surface area contributed by atoms with E-state index in [2.05, 4.69) is 10.4 Å². The Morgan fingerprint density at radius 1 is 1.03 bits per heavy atom. The number of anilines is 1. The van der Waals surface area contributed by atoms with Gasteiger partial charge in [-0.3, -0.25) is 9.48 Å². The van der Waals surface area contributed by atoms with E-state index < -0.39 is 0 Å². The summed E-state index contributed by atoms with van der Waals surface area (Å²) < 4.78 is 21.1. The second kappa shape index (κ2) is 9.45. The molecule has 1 aromatic heterocycles. The Hall–Kier alpha value is -3.64. The van der Waals surface area contributed by atoms with Gasteiger partial charge in [-0.15, -0.1) is 0 Å². The number of amides is 1. The van der Waals surface area contributed by atoms with Gasteiger partial charge in [0.15, 0.2) is 0 Å². The van der Waals surface area contributed by atoms with Crippen molar-refractivity contribution in [3.05, 3.63) is 113 Å². The molecule has 0 aliphatic heterocycles. The summed E-state index contributed by atoms with van der Waals surface area (Å²) in [4.78, 5) is 12.5. The van der Waals surface area contributed by atoms with Crippen LogP contribution >= 0.6 is 11.6 Å². The lowest BCUT2D eigenvalue weighted by molar-refractivity contribution is 0.102. The third-order valence-electron chi connectivity index (χ3n) is 4.62. The molecular weight excluding hydrogens is 417 g/mol. The molecule has 7 heteroatoms. The molecule has 0 unspecified atom stereocenters. The lowest BCUT2D eigenvalue weighted by atomic mass is 10.1. The lowest BCUT2D eigenvalue weighted by Gasteiger charge is -2.07. The summed E-state index contributed by atoms with van der Waals surface area (Å²) in [6.07, 6.45) is 3.20. The van der Waals surface area contributed by atoms with Gasteiger partial charge < -0.3 is 10.1 Å². The zero-order valence-corrected chi connectivity index (χ0v) is 17.2. The van der Waals surface area contributed by atoms with Crippen molar-refractivity contribution in [1.29, 1.82) is 0 Å². The minimum absolute atomic E-state index is 0.254. The average molecular weight is 436 g/mol. The number of nitrogens with zero attached hydrogens (tertiary/aromatic N) is 2. The molecule has 0 aliphatic rings. The Labute approximate surface area is 184 Å². The van der Waals surface area contributed by atoms with Gasteiger partial charge in [-0.2, -0.15) is 5.10 Å². The van der Waals surface area contributed by atoms with E-state index in [1.165, 1.54) is 12.3 Å². The van der Waals surface area contributed by atoms with Gasteiger partial charge in [-0.05, 0) is 48.0 Å². The maximum Gasteiger partial charge on any atom is 0.255 e. The van der Waals surface area contributed by atoms with Crippen molar-refractivity contribution in [1.82, 2.24) is 9.78 Å². The van der Waals surface area contributed by atoms with E-state index in [0.717, 1.165) is 11.3 Å². The summed E-state index contributed by atoms with van der Waals surface area (Å²) in [6.45, 7) is 0.664. The molecule has 0 spiro atoms. The van der Waals surface area contributed by atoms with E-state index in [9.17, 15) is 9.18 Å². The number of carbonyl (C=O) groups is 1. The van der Waals surface area contributed by atoms with Crippen molar-refractivity contribution in [2.24, 2.45) is 0 Å². The number of carbonyl (C=O) groups excluding carboxylic acids is 1. The van der Waals surface area contributed by atoms with Gasteiger partial charge in [0.2, 0.25) is 0 Å². The first-order valence-corrected chi connectivity index (χ1v) is 9.99. The molecule has 1 N–H and O–H groups in total. The standard InChI is InChI=1S/C24H19ClFN3O2/c25-20-9-11-22(12-10-20)31-16-17-5-7-18(8-6-17)24(30)28-21-13-27-29(15-21)14-19-3-1-2-4-23(19)26/h1-13,15H,14,16H2,(H,28,30). The molecule has 1 amide bonds. The first-order chi connectivity index (χ1) is 15.1. The molecule has 31 heavy (non-hydrogen) atoms. The third kappa shape index (κ3) is 5.49. The van der Waals surface area contributed by atoms with Gasteiger partial charge in [-0.25, -0.2) is 4.39 Å². The number of hydrogen-bond acceptors (Lipinski definition) is 3. The van der Waals surface area contributed by atoms with Crippen LogP contribution in [0.1, 0.15) is 21.5 Å². The number of benzene rings is 3. The van der Waals surface area contributed by atoms with Gasteiger partial charge >= 0.3 is 0 Å². The van der Waals surface area contributed by atoms with Crippen molar-refractivity contribution in [3.8, 4) is 5.75 Å². The van der Waals surface area contributed by atoms with Crippen molar-refractivity contribution in [2.75, 3.05) is 5.32 Å². The van der Waals surface area contributed by atoms with Gasteiger partial charge in [0.1, 0.15) is 18.2 Å². The van der Waals surface area contributed by atoms with Crippen LogP contribution in [-0.2, 0) is 13.2 Å². The summed E-state index contributed by atoms with van der Waals surface area (Å²) >= 11 is 5.86. The molecule has 5 nitrogen and oxygen atoms in total. The topological polar surface area (TPSA) is 56.2 Å². The van der Waals surface area contributed by atoms with Crippen molar-refractivity contribution < 1.29 is 13.9 Å². The van der Waals surface area contributed by atoms with E-state index in [0.29, 0.717) is 28.4 Å². The smallest absolute Gasteiger partial charge is 0.255 e. The highest BCUT2D eigenvalue weighted by Gasteiger charge is 2.09. The molecule has 0 saturated heterocycles. The minimum Gasteiger partial charge on any atom is -0.489 e. The van der Waals surface area contributed by atoms with Gasteiger partial charge in [-0.1, -0.05) is 41.9 Å². The lowest BCUT2D eigenvalue weighted by Crippen LogP contribution is -2.11. The molecule has 0 radical (unpaired) electrons. The van der Waals surface area contributed by atoms with Crippen LogP contribution in [0.25, 0.3) is 0 Å². The van der Waals surface area contributed by atoms with E-state index in [1.807, 2.05) is 12.1 Å². The summed E-state index contributed by atoms with van der Waals surface area (Å²) in [5.74, 6) is 0.179. The minimum atomic E-state index is -0.288. The maximum atomic E-state index is 13.8. The highest BCUT2D eigenvalue weighted by molar-refractivity contribution is 6.30. The molecule has 3 aromatic carbocycles. The van der Waals surface area contributed by atoms with Crippen LogP contribution in [0.5, 0.6) is 5.75 Å². The van der Waals surface area contributed by atoms with E-state index in [4.69, 9.17) is 16.3 Å². The number of aromatic nitrogens is 2. The molecule has 0 aliphatic carbocycles. The van der Waals surface area contributed by atoms with E-state index in [-0.39, 0.29) is 18.3 Å². The number of hydrogen-bond donors (Lipinski definition) is 1. The number of ether oxygens (including phenoxy) is 1. The first-order valence-electron chi connectivity index (χ1n) is 9.61. The Morgan fingerprint density at radius 3 is 2.52 bits per heavy atom. The van der Waals surface area contributed by atoms with E-state index >= 15 is 0 Å². The first kappa shape index (κ1) is 20.6. The second-order valence-corrected chi connectivity index (χ2v) is 7.35. The predicted molar refractivity (Wildman–Crippen MR) is 118 cm³/mol. The fourth-order valence-corrected chi connectivity index (χ4v) is 3.09. The Kier molecular flexibility index (Phi) is 6.29. The largest absolute Gasteiger partial charge is 0.489 e. The zero-order chi connectivity index (χ0) is 21.6. The highest BCUT2D eigenvalue weighted by Crippen LogP contribution is 2.17. The van der Waals surface area contributed by atoms with Crippen molar-refractivity contribution in [2.45, 2.75) is 13.2 Å². The Morgan fingerprint density at radius 2 is 1.77 bits per heavy atom. The van der Waals surface area contributed by atoms with Crippen LogP contribution in [0.3, 0.4) is 0 Å². The number of rotatable bonds is 7. The van der Waals surface area contributed by atoms with Crippen LogP contribution in [0.15, 0.2) is 85.2 Å². The molecule has 4 aromatic rings. The van der Waals surface area contributed by atoms with Crippen molar-refractivity contribution in [3.63, 3.8) is 0 Å². The second-order valence-electron chi connectivity index (χ2n) is 6.91. The molecule has 4 rings (SSSR count). The highest BCUT2D eigenvalue weighted by atomic mass is 35.5. The monoisotopic (exact) mass is 435 g/mol. The van der Waals surface area contributed by atoms with Crippen LogP contribution in [-0.4, -0.2) is 15.7 Å². The Balaban J connectivity index is 1.33. The van der Waals surface area contributed by atoms with E-state index in [1.54, 1.807) is 65.5 Å². The SMILES string of the molecule is O=C(Nc1cnn(Cc2ccccc2F)c1)c1ccc(COc2ccc(Cl)cc2)cc1.